The Kier molecular flexibility index (Phi) is 7.65. The van der Waals surface area contributed by atoms with Gasteiger partial charge < -0.3 is 26.4 Å². The molecular formula is C27H23F3N6O3. The number of carbonyl (C=O) groups is 2. The maximum absolute atomic E-state index is 13.1. The molecule has 0 saturated heterocycles. The van der Waals surface area contributed by atoms with Crippen molar-refractivity contribution >= 4 is 34.7 Å². The summed E-state index contributed by atoms with van der Waals surface area (Å²) in [6, 6.07) is 15.4. The first-order valence-electron chi connectivity index (χ1n) is 11.5. The highest BCUT2D eigenvalue weighted by Gasteiger charge is 2.31. The fourth-order valence-electron chi connectivity index (χ4n) is 3.48. The van der Waals surface area contributed by atoms with Gasteiger partial charge in [-0.05, 0) is 67.1 Å². The van der Waals surface area contributed by atoms with E-state index in [4.69, 9.17) is 10.5 Å². The smallest absolute Gasteiger partial charge is 0.416 e. The van der Waals surface area contributed by atoms with E-state index in [2.05, 4.69) is 25.9 Å². The fraction of sp³-hybridized carbons (Fsp3) is 0.111. The van der Waals surface area contributed by atoms with E-state index < -0.39 is 23.6 Å². The van der Waals surface area contributed by atoms with Crippen molar-refractivity contribution in [2.24, 2.45) is 0 Å². The van der Waals surface area contributed by atoms with Crippen molar-refractivity contribution in [1.82, 2.24) is 9.97 Å². The van der Waals surface area contributed by atoms with E-state index in [-0.39, 0.29) is 28.6 Å². The molecule has 1 aromatic heterocycles. The van der Waals surface area contributed by atoms with Gasteiger partial charge >= 0.3 is 12.2 Å². The number of halogens is 3. The Morgan fingerprint density at radius 1 is 0.949 bits per heavy atom. The standard InChI is InChI=1S/C27H23F3N6O3/c1-15-6-9-19(34-24(37)16-4-3-5-17(12-16)27(28,29)30)13-22(15)35-25(38)21-14-33-26(36-23(21)32-2)39-20-10-7-18(31)8-11-20/h3-14H,31H2,1-2H3,(H,34,37)(H,35,38)(H,32,33,36). The monoisotopic (exact) mass is 536 g/mol. The molecule has 1 heterocycles. The second kappa shape index (κ2) is 11.1. The summed E-state index contributed by atoms with van der Waals surface area (Å²) in [5.41, 5.74) is 6.59. The Morgan fingerprint density at radius 3 is 2.38 bits per heavy atom. The summed E-state index contributed by atoms with van der Waals surface area (Å²) >= 11 is 0. The highest BCUT2D eigenvalue weighted by atomic mass is 19.4. The quantitative estimate of drug-likeness (QED) is 0.222. The number of hydrogen-bond donors (Lipinski definition) is 4. The molecular weight excluding hydrogens is 513 g/mol. The number of benzene rings is 3. The molecule has 0 saturated carbocycles. The van der Waals surface area contributed by atoms with Crippen LogP contribution in [0, 0.1) is 6.92 Å². The van der Waals surface area contributed by atoms with Crippen LogP contribution in [-0.4, -0.2) is 28.8 Å². The third kappa shape index (κ3) is 6.60. The number of anilines is 4. The minimum atomic E-state index is -4.58. The van der Waals surface area contributed by atoms with Crippen molar-refractivity contribution in [2.45, 2.75) is 13.1 Å². The summed E-state index contributed by atoms with van der Waals surface area (Å²) in [6.07, 6.45) is -3.27. The molecule has 2 amide bonds. The van der Waals surface area contributed by atoms with Crippen LogP contribution in [0.2, 0.25) is 0 Å². The van der Waals surface area contributed by atoms with Crippen molar-refractivity contribution in [3.05, 3.63) is 95.2 Å². The molecule has 39 heavy (non-hydrogen) atoms. The lowest BCUT2D eigenvalue weighted by Gasteiger charge is -2.14. The Hall–Kier alpha value is -5.13. The molecule has 4 aromatic rings. The number of ether oxygens (including phenoxy) is 1. The van der Waals surface area contributed by atoms with Crippen LogP contribution in [0.5, 0.6) is 11.8 Å². The normalized spacial score (nSPS) is 11.0. The molecule has 0 unspecified atom stereocenters. The predicted molar refractivity (Wildman–Crippen MR) is 141 cm³/mol. The average molecular weight is 537 g/mol. The van der Waals surface area contributed by atoms with Crippen molar-refractivity contribution in [1.29, 1.82) is 0 Å². The second-order valence-electron chi connectivity index (χ2n) is 8.35. The van der Waals surface area contributed by atoms with Crippen molar-refractivity contribution < 1.29 is 27.5 Å². The molecule has 0 aliphatic heterocycles. The molecule has 0 fully saturated rings. The first-order chi connectivity index (χ1) is 18.5. The van der Waals surface area contributed by atoms with Gasteiger partial charge in [0.15, 0.2) is 0 Å². The summed E-state index contributed by atoms with van der Waals surface area (Å²) < 4.78 is 44.6. The van der Waals surface area contributed by atoms with Gasteiger partial charge in [0.2, 0.25) is 0 Å². The van der Waals surface area contributed by atoms with Crippen LogP contribution < -0.4 is 26.4 Å². The lowest BCUT2D eigenvalue weighted by Crippen LogP contribution is -2.17. The molecule has 200 valence electrons. The lowest BCUT2D eigenvalue weighted by atomic mass is 10.1. The summed E-state index contributed by atoms with van der Waals surface area (Å²) in [5, 5.41) is 8.13. The van der Waals surface area contributed by atoms with Gasteiger partial charge in [-0.3, -0.25) is 9.59 Å². The fourth-order valence-corrected chi connectivity index (χ4v) is 3.48. The Morgan fingerprint density at radius 2 is 1.69 bits per heavy atom. The number of nitrogens with zero attached hydrogens (tertiary/aromatic N) is 2. The molecule has 0 spiro atoms. The molecule has 12 heteroatoms. The largest absolute Gasteiger partial charge is 0.424 e. The average Bonchev–Trinajstić information content (AvgIpc) is 2.91. The number of aromatic nitrogens is 2. The van der Waals surface area contributed by atoms with Gasteiger partial charge in [-0.2, -0.15) is 18.2 Å². The van der Waals surface area contributed by atoms with E-state index in [9.17, 15) is 22.8 Å². The number of nitrogens with one attached hydrogen (secondary N) is 3. The molecule has 0 aliphatic carbocycles. The first-order valence-corrected chi connectivity index (χ1v) is 11.5. The van der Waals surface area contributed by atoms with E-state index in [1.807, 2.05) is 0 Å². The van der Waals surface area contributed by atoms with Gasteiger partial charge in [0.1, 0.15) is 17.1 Å². The third-order valence-corrected chi connectivity index (χ3v) is 5.53. The van der Waals surface area contributed by atoms with Gasteiger partial charge in [0.05, 0.1) is 5.56 Å². The maximum atomic E-state index is 13.1. The summed E-state index contributed by atoms with van der Waals surface area (Å²) in [4.78, 5) is 34.0. The lowest BCUT2D eigenvalue weighted by molar-refractivity contribution is -0.137. The number of amides is 2. The summed E-state index contributed by atoms with van der Waals surface area (Å²) in [5.74, 6) is -0.602. The molecule has 9 nitrogen and oxygen atoms in total. The molecule has 0 radical (unpaired) electrons. The first kappa shape index (κ1) is 26.9. The highest BCUT2D eigenvalue weighted by molar-refractivity contribution is 6.08. The van der Waals surface area contributed by atoms with Crippen molar-refractivity contribution in [2.75, 3.05) is 28.7 Å². The van der Waals surface area contributed by atoms with Gasteiger partial charge in [-0.15, -0.1) is 0 Å². The highest BCUT2D eigenvalue weighted by Crippen LogP contribution is 2.30. The number of alkyl halides is 3. The number of carbonyl (C=O) groups excluding carboxylic acids is 2. The number of nitrogens with two attached hydrogens (primary N) is 1. The third-order valence-electron chi connectivity index (χ3n) is 5.53. The Balaban J connectivity index is 1.50. The van der Waals surface area contributed by atoms with Crippen LogP contribution in [0.15, 0.2) is 72.9 Å². The number of nitrogen functional groups attached to an aromatic ring is 1. The van der Waals surface area contributed by atoms with Crippen LogP contribution in [0.3, 0.4) is 0 Å². The minimum Gasteiger partial charge on any atom is -0.424 e. The van der Waals surface area contributed by atoms with E-state index >= 15 is 0 Å². The van der Waals surface area contributed by atoms with Gasteiger partial charge in [-0.1, -0.05) is 12.1 Å². The summed E-state index contributed by atoms with van der Waals surface area (Å²) in [7, 11) is 1.58. The van der Waals surface area contributed by atoms with E-state index in [1.165, 1.54) is 18.3 Å². The molecule has 5 N–H and O–H groups in total. The zero-order valence-corrected chi connectivity index (χ0v) is 20.8. The zero-order valence-electron chi connectivity index (χ0n) is 20.8. The van der Waals surface area contributed by atoms with E-state index in [1.54, 1.807) is 50.4 Å². The molecule has 0 atom stereocenters. The Labute approximate surface area is 221 Å². The van der Waals surface area contributed by atoms with Crippen LogP contribution in [-0.2, 0) is 6.18 Å². The summed E-state index contributed by atoms with van der Waals surface area (Å²) in [6.45, 7) is 1.74. The predicted octanol–water partition coefficient (Wildman–Crippen LogP) is 5.72. The van der Waals surface area contributed by atoms with Gasteiger partial charge in [0.25, 0.3) is 11.8 Å². The topological polar surface area (TPSA) is 131 Å². The molecule has 0 aliphatic rings. The number of hydrogen-bond acceptors (Lipinski definition) is 7. The Bertz CT molecular complexity index is 1520. The van der Waals surface area contributed by atoms with Crippen LogP contribution in [0.1, 0.15) is 31.8 Å². The van der Waals surface area contributed by atoms with E-state index in [0.717, 1.165) is 18.2 Å². The van der Waals surface area contributed by atoms with Gasteiger partial charge in [-0.25, -0.2) is 4.98 Å². The van der Waals surface area contributed by atoms with Crippen LogP contribution in [0.4, 0.5) is 36.1 Å². The van der Waals surface area contributed by atoms with E-state index in [0.29, 0.717) is 22.7 Å². The second-order valence-corrected chi connectivity index (χ2v) is 8.35. The SMILES string of the molecule is CNc1nc(Oc2ccc(N)cc2)ncc1C(=O)Nc1cc(NC(=O)c2cccc(C(F)(F)F)c2)ccc1C. The molecule has 4 rings (SSSR count). The molecule has 3 aromatic carbocycles. The number of rotatable bonds is 7. The van der Waals surface area contributed by atoms with Crippen LogP contribution in [0.25, 0.3) is 0 Å². The molecule has 0 bridgehead atoms. The number of aryl methyl sites for hydroxylation is 1. The van der Waals surface area contributed by atoms with Crippen molar-refractivity contribution in [3.63, 3.8) is 0 Å². The van der Waals surface area contributed by atoms with Gasteiger partial charge in [0, 0.05) is 35.9 Å². The van der Waals surface area contributed by atoms with Crippen LogP contribution >= 0.6 is 0 Å². The minimum absolute atomic E-state index is 0.0103. The van der Waals surface area contributed by atoms with Crippen molar-refractivity contribution in [3.8, 4) is 11.8 Å². The zero-order chi connectivity index (χ0) is 28.2. The maximum Gasteiger partial charge on any atom is 0.416 e.